The van der Waals surface area contributed by atoms with Crippen molar-refractivity contribution in [3.05, 3.63) is 65.4 Å². The summed E-state index contributed by atoms with van der Waals surface area (Å²) in [5, 5.41) is 3.09. The Bertz CT molecular complexity index is 1080. The molecule has 0 aliphatic carbocycles. The van der Waals surface area contributed by atoms with Crippen LogP contribution in [0.4, 0.5) is 20.4 Å². The van der Waals surface area contributed by atoms with Gasteiger partial charge >= 0.3 is 0 Å². The molecule has 0 amide bonds. The topological polar surface area (TPSA) is 70.1 Å². The van der Waals surface area contributed by atoms with Gasteiger partial charge in [0.15, 0.2) is 0 Å². The zero-order valence-electron chi connectivity index (χ0n) is 17.2. The monoisotopic (exact) mass is 443 g/mol. The van der Waals surface area contributed by atoms with Crippen molar-refractivity contribution in [3.8, 4) is 17.0 Å². The summed E-state index contributed by atoms with van der Waals surface area (Å²) in [6.07, 6.45) is 5.93. The first-order valence-corrected chi connectivity index (χ1v) is 11.9. The molecule has 1 unspecified atom stereocenters. The van der Waals surface area contributed by atoms with Crippen LogP contribution in [-0.2, 0) is 23.3 Å². The van der Waals surface area contributed by atoms with E-state index in [0.717, 1.165) is 36.6 Å². The van der Waals surface area contributed by atoms with Gasteiger partial charge in [-0.1, -0.05) is 17.2 Å². The molecular weight excluding hydrogens is 420 g/mol. The number of hydrogen-bond donors (Lipinski definition) is 1. The van der Waals surface area contributed by atoms with E-state index in [1.54, 1.807) is 30.5 Å². The fraction of sp³-hybridized carbons (Fsp3) is 0.304. The van der Waals surface area contributed by atoms with E-state index in [9.17, 15) is 13.3 Å². The molecule has 8 heteroatoms. The highest BCUT2D eigenvalue weighted by atomic mass is 32.2. The van der Waals surface area contributed by atoms with Crippen molar-refractivity contribution < 1.29 is 18.1 Å². The second-order valence-corrected chi connectivity index (χ2v) is 8.99. The Balaban J connectivity index is 1.77. The summed E-state index contributed by atoms with van der Waals surface area (Å²) in [4.78, 5) is 8.60. The number of hydrogen-bond acceptors (Lipinski definition) is 5. The normalized spacial score (nSPS) is 15.0. The fourth-order valence-electron chi connectivity index (χ4n) is 3.66. The van der Waals surface area contributed by atoms with E-state index in [0.29, 0.717) is 47.4 Å². The highest BCUT2D eigenvalue weighted by Crippen LogP contribution is 2.31. The van der Waals surface area contributed by atoms with E-state index in [2.05, 4.69) is 15.3 Å². The molecule has 1 N–H and O–H groups in total. The Hall–Kier alpha value is -2.71. The molecule has 0 fully saturated rings. The highest BCUT2D eigenvalue weighted by molar-refractivity contribution is 7.89. The minimum atomic E-state index is -1.02. The number of pyridine rings is 2. The van der Waals surface area contributed by atoms with E-state index < -0.39 is 17.0 Å². The van der Waals surface area contributed by atoms with Gasteiger partial charge in [-0.2, -0.15) is 4.98 Å². The molecule has 162 valence electrons. The van der Waals surface area contributed by atoms with Gasteiger partial charge in [0.05, 0.1) is 19.1 Å². The quantitative estimate of drug-likeness (QED) is 0.555. The first-order chi connectivity index (χ1) is 15.0. The molecule has 5 nitrogen and oxygen atoms in total. The number of anilines is 2. The van der Waals surface area contributed by atoms with Crippen LogP contribution in [0.25, 0.3) is 11.1 Å². The summed E-state index contributed by atoms with van der Waals surface area (Å²) in [5.41, 5.74) is 2.59. The summed E-state index contributed by atoms with van der Waals surface area (Å²) in [6, 6.07) is 9.59. The lowest BCUT2D eigenvalue weighted by Crippen LogP contribution is -2.06. The second kappa shape index (κ2) is 9.62. The van der Waals surface area contributed by atoms with Crippen LogP contribution >= 0.6 is 0 Å². The summed E-state index contributed by atoms with van der Waals surface area (Å²) >= 11 is -1.02. The molecule has 31 heavy (non-hydrogen) atoms. The molecule has 0 saturated heterocycles. The molecule has 1 aliphatic rings. The van der Waals surface area contributed by atoms with Gasteiger partial charge in [-0.25, -0.2) is 13.8 Å². The Kier molecular flexibility index (Phi) is 6.67. The molecule has 0 radical (unpaired) electrons. The summed E-state index contributed by atoms with van der Waals surface area (Å²) in [6.45, 7) is 0.488. The summed E-state index contributed by atoms with van der Waals surface area (Å²) in [7, 11) is 0. The van der Waals surface area contributed by atoms with Crippen molar-refractivity contribution in [2.75, 3.05) is 18.2 Å². The van der Waals surface area contributed by atoms with Crippen molar-refractivity contribution in [2.45, 2.75) is 31.4 Å². The predicted octanol–water partition coefficient (Wildman–Crippen LogP) is 5.15. The number of nitrogens with one attached hydrogen (secondary N) is 1. The number of fused-ring (bicyclic) bond motifs is 6. The van der Waals surface area contributed by atoms with Gasteiger partial charge < -0.3 is 14.6 Å². The van der Waals surface area contributed by atoms with Crippen LogP contribution in [0, 0.1) is 11.6 Å². The number of aryl methyl sites for hydroxylation is 1. The van der Waals surface area contributed by atoms with E-state index in [4.69, 9.17) is 4.74 Å². The molecule has 0 saturated carbocycles. The maximum absolute atomic E-state index is 14.7. The van der Waals surface area contributed by atoms with Crippen LogP contribution in [0.15, 0.2) is 42.6 Å². The van der Waals surface area contributed by atoms with Crippen LogP contribution in [0.3, 0.4) is 0 Å². The Morgan fingerprint density at radius 1 is 1.06 bits per heavy atom. The van der Waals surface area contributed by atoms with Crippen molar-refractivity contribution >= 4 is 22.8 Å². The Morgan fingerprint density at radius 3 is 2.77 bits per heavy atom. The van der Waals surface area contributed by atoms with Crippen molar-refractivity contribution in [3.63, 3.8) is 0 Å². The van der Waals surface area contributed by atoms with E-state index in [1.807, 2.05) is 0 Å². The Labute approximate surface area is 183 Å². The average molecular weight is 444 g/mol. The molecule has 3 heterocycles. The number of ether oxygens (including phenoxy) is 1. The largest absolute Gasteiger partial charge is 0.616 e. The minimum Gasteiger partial charge on any atom is -0.616 e. The molecule has 4 rings (SSSR count). The van der Waals surface area contributed by atoms with Crippen LogP contribution in [-0.4, -0.2) is 27.4 Å². The number of benzene rings is 1. The molecular formula is C23H23F2N3O2S. The zero-order valence-corrected chi connectivity index (χ0v) is 18.0. The number of aromatic nitrogens is 2. The van der Waals surface area contributed by atoms with Crippen molar-refractivity contribution in [1.82, 2.24) is 9.97 Å². The summed E-state index contributed by atoms with van der Waals surface area (Å²) in [5.74, 6) is 0.859. The first-order valence-electron chi connectivity index (χ1n) is 10.1. The van der Waals surface area contributed by atoms with Gasteiger partial charge in [-0.15, -0.1) is 0 Å². The fourth-order valence-corrected chi connectivity index (χ4v) is 4.30. The average Bonchev–Trinajstić information content (AvgIpc) is 2.71. The predicted molar refractivity (Wildman–Crippen MR) is 118 cm³/mol. The van der Waals surface area contributed by atoms with Crippen LogP contribution < -0.4 is 10.1 Å². The van der Waals surface area contributed by atoms with E-state index >= 15 is 0 Å². The smallest absolute Gasteiger partial charge is 0.215 e. The van der Waals surface area contributed by atoms with Crippen LogP contribution in [0.5, 0.6) is 5.88 Å². The standard InChI is InChI=1S/C23H23F2N3O2S/c1-31(29)14-15-9-22-27-21-12-19(20(25)13-26-21)18-7-6-17(24)11-16(18)5-3-2-4-8-30-23(10-15)28-22/h6-7,9-13H,2-5,8,14H2,1H3,(H,26,27,28). The molecule has 0 spiro atoms. The second-order valence-electron chi connectivity index (χ2n) is 7.55. The van der Waals surface area contributed by atoms with Gasteiger partial charge in [0.2, 0.25) is 5.88 Å². The van der Waals surface area contributed by atoms with Crippen LogP contribution in [0.2, 0.25) is 0 Å². The third kappa shape index (κ3) is 5.51. The Morgan fingerprint density at radius 2 is 1.94 bits per heavy atom. The van der Waals surface area contributed by atoms with Crippen molar-refractivity contribution in [1.29, 1.82) is 0 Å². The lowest BCUT2D eigenvalue weighted by atomic mass is 9.96. The lowest BCUT2D eigenvalue weighted by Gasteiger charge is -2.13. The maximum Gasteiger partial charge on any atom is 0.215 e. The highest BCUT2D eigenvalue weighted by Gasteiger charge is 2.15. The van der Waals surface area contributed by atoms with Crippen molar-refractivity contribution in [2.24, 2.45) is 0 Å². The SMILES string of the molecule is C[S+]([O-])Cc1cc2nc(c1)OCCCCCc1cc(F)ccc1-c1cc(ncc1F)N2. The molecule has 3 aromatic rings. The molecule has 1 aliphatic heterocycles. The number of halogens is 2. The number of rotatable bonds is 2. The summed E-state index contributed by atoms with van der Waals surface area (Å²) < 4.78 is 46.1. The van der Waals surface area contributed by atoms with Gasteiger partial charge in [0, 0.05) is 17.2 Å². The third-order valence-corrected chi connectivity index (χ3v) is 5.78. The van der Waals surface area contributed by atoms with Gasteiger partial charge in [-0.3, -0.25) is 0 Å². The van der Waals surface area contributed by atoms with Gasteiger partial charge in [0.1, 0.15) is 29.0 Å². The van der Waals surface area contributed by atoms with Crippen LogP contribution in [0.1, 0.15) is 30.4 Å². The molecule has 1 aromatic carbocycles. The molecule has 2 aromatic heterocycles. The minimum absolute atomic E-state index is 0.339. The maximum atomic E-state index is 14.7. The van der Waals surface area contributed by atoms with Gasteiger partial charge in [-0.05, 0) is 61.1 Å². The first kappa shape index (κ1) is 21.5. The van der Waals surface area contributed by atoms with Gasteiger partial charge in [0.25, 0.3) is 0 Å². The molecule has 1 atom stereocenters. The van der Waals surface area contributed by atoms with E-state index in [1.165, 1.54) is 12.1 Å². The number of nitrogens with zero attached hydrogens (tertiary/aromatic N) is 2. The van der Waals surface area contributed by atoms with E-state index in [-0.39, 0.29) is 5.82 Å². The zero-order chi connectivity index (χ0) is 21.8. The third-order valence-electron chi connectivity index (χ3n) is 5.04. The lowest BCUT2D eigenvalue weighted by molar-refractivity contribution is 0.294. The molecule has 4 bridgehead atoms.